The second-order valence-electron chi connectivity index (χ2n) is 3.26. The predicted octanol–water partition coefficient (Wildman–Crippen LogP) is -0.970. The van der Waals surface area contributed by atoms with Gasteiger partial charge in [0.15, 0.2) is 0 Å². The highest BCUT2D eigenvalue weighted by Gasteiger charge is 1.97. The fourth-order valence-electron chi connectivity index (χ4n) is 0.965. The number of nitrogens with zero attached hydrogens (tertiary/aromatic N) is 1. The molecule has 0 fully saturated rings. The highest BCUT2D eigenvalue weighted by atomic mass is 16.5. The van der Waals surface area contributed by atoms with Gasteiger partial charge in [-0.3, -0.25) is 4.79 Å². The van der Waals surface area contributed by atoms with Crippen LogP contribution in [0.2, 0.25) is 0 Å². The van der Waals surface area contributed by atoms with E-state index in [4.69, 9.17) is 10.5 Å². The van der Waals surface area contributed by atoms with Gasteiger partial charge in [-0.2, -0.15) is 0 Å². The van der Waals surface area contributed by atoms with Crippen molar-refractivity contribution in [3.63, 3.8) is 0 Å². The quantitative estimate of drug-likeness (QED) is 0.473. The molecule has 0 saturated heterocycles. The summed E-state index contributed by atoms with van der Waals surface area (Å²) >= 11 is 0. The zero-order valence-corrected chi connectivity index (χ0v) is 9.08. The van der Waals surface area contributed by atoms with Crippen LogP contribution in [0.25, 0.3) is 0 Å². The standard InChI is InChI=1S/C9H21N3O2/c1-12(7-8-14-2)6-5-11-4-3-9(10)13/h11H,3-8H2,1-2H3,(H2,10,13). The Morgan fingerprint density at radius 2 is 2.14 bits per heavy atom. The number of carbonyl (C=O) groups excluding carboxylic acids is 1. The fraction of sp³-hybridized carbons (Fsp3) is 0.889. The SMILES string of the molecule is COCCN(C)CCNCCC(N)=O. The average Bonchev–Trinajstić information content (AvgIpc) is 2.13. The summed E-state index contributed by atoms with van der Waals surface area (Å²) in [6.45, 7) is 4.15. The van der Waals surface area contributed by atoms with Crippen LogP contribution < -0.4 is 11.1 Å². The van der Waals surface area contributed by atoms with Crippen LogP contribution >= 0.6 is 0 Å². The van der Waals surface area contributed by atoms with E-state index >= 15 is 0 Å². The van der Waals surface area contributed by atoms with Gasteiger partial charge in [0.05, 0.1) is 6.61 Å². The Balaban J connectivity index is 3.14. The molecule has 0 aliphatic rings. The Kier molecular flexibility index (Phi) is 8.51. The van der Waals surface area contributed by atoms with Crippen molar-refractivity contribution in [3.8, 4) is 0 Å². The number of ether oxygens (including phenoxy) is 1. The van der Waals surface area contributed by atoms with Crippen molar-refractivity contribution >= 4 is 5.91 Å². The van der Waals surface area contributed by atoms with E-state index in [2.05, 4.69) is 10.2 Å². The minimum Gasteiger partial charge on any atom is -0.383 e. The van der Waals surface area contributed by atoms with Crippen molar-refractivity contribution in [1.29, 1.82) is 0 Å². The summed E-state index contributed by atoms with van der Waals surface area (Å²) in [4.78, 5) is 12.6. The highest BCUT2D eigenvalue weighted by molar-refractivity contribution is 5.73. The van der Waals surface area contributed by atoms with Gasteiger partial charge in [0.25, 0.3) is 0 Å². The summed E-state index contributed by atoms with van der Waals surface area (Å²) in [5.41, 5.74) is 4.99. The normalized spacial score (nSPS) is 10.8. The van der Waals surface area contributed by atoms with Crippen LogP contribution in [0.15, 0.2) is 0 Å². The summed E-state index contributed by atoms with van der Waals surface area (Å²) in [7, 11) is 3.73. The van der Waals surface area contributed by atoms with Crippen molar-refractivity contribution < 1.29 is 9.53 Å². The maximum atomic E-state index is 10.4. The van der Waals surface area contributed by atoms with Gasteiger partial charge < -0.3 is 20.7 Å². The largest absolute Gasteiger partial charge is 0.383 e. The lowest BCUT2D eigenvalue weighted by molar-refractivity contribution is -0.117. The predicted molar refractivity (Wildman–Crippen MR) is 56.1 cm³/mol. The van der Waals surface area contributed by atoms with Crippen LogP contribution in [0.1, 0.15) is 6.42 Å². The van der Waals surface area contributed by atoms with Gasteiger partial charge in [0.2, 0.25) is 5.91 Å². The molecule has 0 rings (SSSR count). The summed E-state index contributed by atoms with van der Waals surface area (Å²) < 4.78 is 4.95. The Labute approximate surface area is 85.6 Å². The number of nitrogens with two attached hydrogens (primary N) is 1. The molecule has 14 heavy (non-hydrogen) atoms. The number of rotatable bonds is 9. The molecule has 5 heteroatoms. The van der Waals surface area contributed by atoms with Gasteiger partial charge in [-0.1, -0.05) is 0 Å². The molecule has 0 aromatic rings. The van der Waals surface area contributed by atoms with Crippen LogP contribution in [0.5, 0.6) is 0 Å². The second-order valence-corrected chi connectivity index (χ2v) is 3.26. The van der Waals surface area contributed by atoms with Crippen molar-refractivity contribution in [2.45, 2.75) is 6.42 Å². The van der Waals surface area contributed by atoms with Gasteiger partial charge >= 0.3 is 0 Å². The van der Waals surface area contributed by atoms with E-state index in [1.807, 2.05) is 7.05 Å². The third-order valence-electron chi connectivity index (χ3n) is 1.90. The van der Waals surface area contributed by atoms with Crippen LogP contribution in [0.4, 0.5) is 0 Å². The number of nitrogens with one attached hydrogen (secondary N) is 1. The van der Waals surface area contributed by atoms with Gasteiger partial charge in [-0.25, -0.2) is 0 Å². The topological polar surface area (TPSA) is 67.6 Å². The van der Waals surface area contributed by atoms with Crippen molar-refractivity contribution in [3.05, 3.63) is 0 Å². The van der Waals surface area contributed by atoms with E-state index in [0.29, 0.717) is 13.0 Å². The molecule has 0 saturated carbocycles. The first-order valence-electron chi connectivity index (χ1n) is 4.83. The van der Waals surface area contributed by atoms with E-state index in [-0.39, 0.29) is 5.91 Å². The van der Waals surface area contributed by atoms with Gasteiger partial charge in [0, 0.05) is 39.7 Å². The van der Waals surface area contributed by atoms with E-state index in [0.717, 1.165) is 26.2 Å². The molecule has 0 unspecified atom stereocenters. The van der Waals surface area contributed by atoms with Gasteiger partial charge in [0.1, 0.15) is 0 Å². The molecule has 0 aromatic heterocycles. The molecular formula is C9H21N3O2. The molecule has 0 aromatic carbocycles. The average molecular weight is 203 g/mol. The summed E-state index contributed by atoms with van der Waals surface area (Å²) in [6, 6.07) is 0. The third-order valence-corrected chi connectivity index (χ3v) is 1.90. The van der Waals surface area contributed by atoms with E-state index in [1.165, 1.54) is 0 Å². The lowest BCUT2D eigenvalue weighted by Gasteiger charge is -2.15. The number of hydrogen-bond acceptors (Lipinski definition) is 4. The zero-order chi connectivity index (χ0) is 10.8. The van der Waals surface area contributed by atoms with Crippen molar-refractivity contribution in [2.75, 3.05) is 46.9 Å². The number of hydrogen-bond donors (Lipinski definition) is 2. The highest BCUT2D eigenvalue weighted by Crippen LogP contribution is 1.81. The summed E-state index contributed by atoms with van der Waals surface area (Å²) in [6.07, 6.45) is 0.405. The first kappa shape index (κ1) is 13.4. The van der Waals surface area contributed by atoms with E-state index in [9.17, 15) is 4.79 Å². The molecule has 3 N–H and O–H groups in total. The van der Waals surface area contributed by atoms with Crippen LogP contribution in [0.3, 0.4) is 0 Å². The summed E-state index contributed by atoms with van der Waals surface area (Å²) in [5.74, 6) is -0.259. The fourth-order valence-corrected chi connectivity index (χ4v) is 0.965. The van der Waals surface area contributed by atoms with E-state index < -0.39 is 0 Å². The lowest BCUT2D eigenvalue weighted by atomic mass is 10.4. The maximum absolute atomic E-state index is 10.4. The monoisotopic (exact) mass is 203 g/mol. The Hall–Kier alpha value is -0.650. The second kappa shape index (κ2) is 8.93. The molecule has 84 valence electrons. The van der Waals surface area contributed by atoms with Crippen LogP contribution in [0, 0.1) is 0 Å². The molecule has 0 atom stereocenters. The smallest absolute Gasteiger partial charge is 0.218 e. The number of methoxy groups -OCH3 is 1. The molecule has 0 bridgehead atoms. The Bertz CT molecular complexity index is 153. The number of primary amides is 1. The van der Waals surface area contributed by atoms with Crippen molar-refractivity contribution in [2.24, 2.45) is 5.73 Å². The molecule has 0 aliphatic heterocycles. The van der Waals surface area contributed by atoms with Gasteiger partial charge in [-0.15, -0.1) is 0 Å². The molecule has 0 heterocycles. The Morgan fingerprint density at radius 1 is 1.43 bits per heavy atom. The van der Waals surface area contributed by atoms with Crippen LogP contribution in [-0.2, 0) is 9.53 Å². The number of carbonyl (C=O) groups is 1. The molecule has 0 radical (unpaired) electrons. The minimum atomic E-state index is -0.259. The third kappa shape index (κ3) is 9.44. The van der Waals surface area contributed by atoms with Gasteiger partial charge in [-0.05, 0) is 7.05 Å². The first-order valence-corrected chi connectivity index (χ1v) is 4.83. The lowest BCUT2D eigenvalue weighted by Crippen LogP contribution is -2.32. The minimum absolute atomic E-state index is 0.259. The molecule has 0 spiro atoms. The number of amides is 1. The number of likely N-dealkylation sites (N-methyl/N-ethyl adjacent to an activating group) is 1. The molecule has 0 aliphatic carbocycles. The zero-order valence-electron chi connectivity index (χ0n) is 9.08. The maximum Gasteiger partial charge on any atom is 0.218 e. The van der Waals surface area contributed by atoms with E-state index in [1.54, 1.807) is 7.11 Å². The molecular weight excluding hydrogens is 182 g/mol. The Morgan fingerprint density at radius 3 is 2.71 bits per heavy atom. The molecule has 5 nitrogen and oxygen atoms in total. The molecule has 1 amide bonds. The van der Waals surface area contributed by atoms with Crippen molar-refractivity contribution in [1.82, 2.24) is 10.2 Å². The van der Waals surface area contributed by atoms with Crippen LogP contribution in [-0.4, -0.2) is 57.8 Å². The first-order chi connectivity index (χ1) is 6.66. The summed E-state index contributed by atoms with van der Waals surface area (Å²) in [5, 5.41) is 3.14.